The summed E-state index contributed by atoms with van der Waals surface area (Å²) in [6.07, 6.45) is 0. The summed E-state index contributed by atoms with van der Waals surface area (Å²) in [6, 6.07) is 40.7. The second kappa shape index (κ2) is 20.4. The second-order valence-electron chi connectivity index (χ2n) is 16.5. The molecule has 16 heteroatoms. The molecule has 0 unspecified atom stereocenters. The zero-order chi connectivity index (χ0) is 47.0. The molecular weight excluding hydrogens is 865 g/mol. The lowest BCUT2D eigenvalue weighted by atomic mass is 10.1. The van der Waals surface area contributed by atoms with Crippen molar-refractivity contribution in [2.75, 3.05) is 65.6 Å². The fourth-order valence-corrected chi connectivity index (χ4v) is 8.05. The lowest BCUT2D eigenvalue weighted by Gasteiger charge is -2.34. The summed E-state index contributed by atoms with van der Waals surface area (Å²) in [5.41, 5.74) is 17.3. The van der Waals surface area contributed by atoms with E-state index in [0.29, 0.717) is 99.8 Å². The zero-order valence-electron chi connectivity index (χ0n) is 37.3. The maximum atomic E-state index is 13.4. The van der Waals surface area contributed by atoms with Gasteiger partial charge in [0.2, 0.25) is 0 Å². The van der Waals surface area contributed by atoms with Crippen molar-refractivity contribution in [3.63, 3.8) is 0 Å². The Kier molecular flexibility index (Phi) is 13.4. The molecule has 0 aliphatic carbocycles. The van der Waals surface area contributed by atoms with Crippen LogP contribution in [0.25, 0.3) is 21.9 Å². The zero-order valence-corrected chi connectivity index (χ0v) is 37.3. The maximum absolute atomic E-state index is 13.4. The average Bonchev–Trinajstić information content (AvgIpc) is 4.03. The van der Waals surface area contributed by atoms with E-state index in [1.54, 1.807) is 68.1 Å². The summed E-state index contributed by atoms with van der Waals surface area (Å²) in [5, 5.41) is 1.49. The van der Waals surface area contributed by atoms with Crippen LogP contribution in [0.4, 0.5) is 0 Å². The van der Waals surface area contributed by atoms with Crippen LogP contribution < -0.4 is 20.9 Å². The number of hydrogen-bond donors (Lipinski definition) is 2. The van der Waals surface area contributed by atoms with E-state index in [1.165, 1.54) is 0 Å². The molecule has 0 saturated carbocycles. The molecule has 16 nitrogen and oxygen atoms in total. The number of carbonyl (C=O) groups is 4. The van der Waals surface area contributed by atoms with Gasteiger partial charge in [-0.1, -0.05) is 60.7 Å². The fourth-order valence-electron chi connectivity index (χ4n) is 8.05. The number of benzene rings is 5. The Labute approximate surface area is 392 Å². The van der Waals surface area contributed by atoms with Gasteiger partial charge in [0.1, 0.15) is 34.3 Å². The van der Waals surface area contributed by atoms with Crippen molar-refractivity contribution in [2.45, 2.75) is 13.1 Å². The summed E-state index contributed by atoms with van der Waals surface area (Å²) in [4.78, 5) is 68.6. The summed E-state index contributed by atoms with van der Waals surface area (Å²) in [7, 11) is 0. The van der Waals surface area contributed by atoms with E-state index < -0.39 is 0 Å². The highest BCUT2D eigenvalue weighted by Crippen LogP contribution is 2.25. The van der Waals surface area contributed by atoms with Crippen molar-refractivity contribution in [1.29, 1.82) is 0 Å². The second-order valence-corrected chi connectivity index (χ2v) is 16.5. The van der Waals surface area contributed by atoms with Crippen LogP contribution in [0, 0.1) is 0 Å². The number of rotatable bonds is 14. The van der Waals surface area contributed by atoms with Crippen molar-refractivity contribution in [1.82, 2.24) is 19.6 Å². The van der Waals surface area contributed by atoms with Gasteiger partial charge in [0.05, 0.1) is 13.1 Å². The molecule has 2 aromatic heterocycles. The van der Waals surface area contributed by atoms with Crippen LogP contribution in [-0.2, 0) is 22.7 Å². The molecule has 2 saturated heterocycles. The van der Waals surface area contributed by atoms with E-state index >= 15 is 0 Å². The lowest BCUT2D eigenvalue weighted by Crippen LogP contribution is -2.51. The predicted molar refractivity (Wildman–Crippen MR) is 257 cm³/mol. The third-order valence-corrected chi connectivity index (χ3v) is 12.0. The van der Waals surface area contributed by atoms with Crippen molar-refractivity contribution >= 4 is 57.2 Å². The number of carbonyl (C=O) groups excluding carboxylic acids is 4. The Hall–Kier alpha value is -8.40. The van der Waals surface area contributed by atoms with Crippen molar-refractivity contribution in [2.24, 2.45) is 21.5 Å². The molecule has 7 aromatic rings. The van der Waals surface area contributed by atoms with Gasteiger partial charge in [0, 0.05) is 74.3 Å². The van der Waals surface area contributed by atoms with Crippen molar-refractivity contribution in [3.05, 3.63) is 167 Å². The van der Waals surface area contributed by atoms with Crippen LogP contribution in [0.1, 0.15) is 43.4 Å². The van der Waals surface area contributed by atoms with Gasteiger partial charge >= 0.3 is 0 Å². The first kappa shape index (κ1) is 44.8. The van der Waals surface area contributed by atoms with Crippen molar-refractivity contribution in [3.8, 4) is 11.5 Å². The van der Waals surface area contributed by atoms with E-state index in [0.717, 1.165) is 33.0 Å². The minimum atomic E-state index is -0.251. The van der Waals surface area contributed by atoms with E-state index in [9.17, 15) is 19.2 Å². The quantitative estimate of drug-likeness (QED) is 0.100. The van der Waals surface area contributed by atoms with Gasteiger partial charge in [-0.25, -0.2) is 0 Å². The van der Waals surface area contributed by atoms with Crippen LogP contribution in [0.3, 0.4) is 0 Å². The molecular formula is C52H50N8O8. The minimum Gasteiger partial charge on any atom is -0.484 e. The van der Waals surface area contributed by atoms with Crippen LogP contribution in [0.2, 0.25) is 0 Å². The summed E-state index contributed by atoms with van der Waals surface area (Å²) < 4.78 is 23.3. The fraction of sp³-hybridized carbons (Fsp3) is 0.231. The number of hydrogen-bond acceptors (Lipinski definition) is 10. The third kappa shape index (κ3) is 10.7. The van der Waals surface area contributed by atoms with Crippen LogP contribution >= 0.6 is 0 Å². The third-order valence-electron chi connectivity index (χ3n) is 12.0. The van der Waals surface area contributed by atoms with Crippen LogP contribution in [0.15, 0.2) is 152 Å². The Morgan fingerprint density at radius 3 is 1.22 bits per heavy atom. The number of furan rings is 2. The number of piperazine rings is 2. The van der Waals surface area contributed by atoms with Crippen LogP contribution in [-0.4, -0.2) is 120 Å². The van der Waals surface area contributed by atoms with Crippen molar-refractivity contribution < 1.29 is 37.5 Å². The van der Waals surface area contributed by atoms with Gasteiger partial charge in [-0.15, -0.1) is 0 Å². The smallest absolute Gasteiger partial charge is 0.289 e. The largest absolute Gasteiger partial charge is 0.484 e. The number of amidine groups is 2. The Balaban J connectivity index is 0.679. The molecule has 2 fully saturated rings. The van der Waals surface area contributed by atoms with Gasteiger partial charge in [-0.3, -0.25) is 29.2 Å². The van der Waals surface area contributed by atoms with E-state index in [1.807, 2.05) is 84.9 Å². The molecule has 68 heavy (non-hydrogen) atoms. The Bertz CT molecular complexity index is 2780. The first-order valence-corrected chi connectivity index (χ1v) is 22.4. The Morgan fingerprint density at radius 1 is 0.471 bits per heavy atom. The van der Waals surface area contributed by atoms with Crippen LogP contribution in [0.5, 0.6) is 11.5 Å². The predicted octanol–water partition coefficient (Wildman–Crippen LogP) is 5.72. The molecule has 4 N–H and O–H groups in total. The molecule has 4 heterocycles. The van der Waals surface area contributed by atoms with E-state index in [-0.39, 0.29) is 48.4 Å². The standard InChI is InChI=1S/C52H50N8O8/c53-49(55-31-35-7-3-1-4-8-35)37-11-17-43-39(27-37)29-45(67-43)51(63)59-23-19-57(20-24-59)47(61)33-65-41-13-15-42(16-14-41)66-34-48(62)58-21-25-60(26-22-58)52(64)46-30-40-28-38(12-18-44(40)68-46)50(54)56-32-36-9-5-2-6-10-36/h1-18,27-30H,19-26,31-34H2,(H2,53,55)(H2,54,56). The minimum absolute atomic E-state index is 0.178. The highest BCUT2D eigenvalue weighted by Gasteiger charge is 2.29. The number of aliphatic imine (C=N–C) groups is 2. The highest BCUT2D eigenvalue weighted by molar-refractivity contribution is 6.03. The maximum Gasteiger partial charge on any atom is 0.289 e. The number of nitrogens with two attached hydrogens (primary N) is 2. The number of amides is 4. The summed E-state index contributed by atoms with van der Waals surface area (Å²) >= 11 is 0. The molecule has 4 amide bonds. The van der Waals surface area contributed by atoms with E-state index in [2.05, 4.69) is 9.98 Å². The van der Waals surface area contributed by atoms with Gasteiger partial charge < -0.3 is 49.4 Å². The summed E-state index contributed by atoms with van der Waals surface area (Å²) in [6.45, 7) is 3.35. The van der Waals surface area contributed by atoms with Gasteiger partial charge in [0.25, 0.3) is 23.6 Å². The first-order chi connectivity index (χ1) is 33.1. The van der Waals surface area contributed by atoms with Gasteiger partial charge in [-0.2, -0.15) is 0 Å². The topological polar surface area (TPSA) is 203 Å². The first-order valence-electron chi connectivity index (χ1n) is 22.4. The molecule has 0 radical (unpaired) electrons. The normalized spacial score (nSPS) is 14.6. The molecule has 346 valence electrons. The molecule has 2 aliphatic rings. The molecule has 2 aliphatic heterocycles. The molecule has 5 aromatic carbocycles. The van der Waals surface area contributed by atoms with Gasteiger partial charge in [-0.05, 0) is 83.9 Å². The number of fused-ring (bicyclic) bond motifs is 2. The highest BCUT2D eigenvalue weighted by atomic mass is 16.5. The SMILES string of the molecule is NC(=NCc1ccccc1)c1ccc2oc(C(=O)N3CCN(C(=O)COc4ccc(OCC(=O)N5CCN(C(=O)c6cc7cc(C(N)=NCc8ccccc8)ccc7o6)CC5)cc4)CC3)cc2c1. The number of nitrogens with zero attached hydrogens (tertiary/aromatic N) is 6. The Morgan fingerprint density at radius 2 is 0.838 bits per heavy atom. The molecule has 0 atom stereocenters. The van der Waals surface area contributed by atoms with E-state index in [4.69, 9.17) is 29.8 Å². The monoisotopic (exact) mass is 914 g/mol. The molecule has 9 rings (SSSR count). The van der Waals surface area contributed by atoms with Gasteiger partial charge in [0.15, 0.2) is 24.7 Å². The number of ether oxygens (including phenoxy) is 2. The molecule has 0 bridgehead atoms. The molecule has 0 spiro atoms. The average molecular weight is 915 g/mol. The lowest BCUT2D eigenvalue weighted by molar-refractivity contribution is -0.135. The summed E-state index contributed by atoms with van der Waals surface area (Å²) in [5.74, 6) is 1.24.